The Balaban J connectivity index is 1.82. The second-order valence-corrected chi connectivity index (χ2v) is 5.67. The highest BCUT2D eigenvalue weighted by Gasteiger charge is 2.22. The van der Waals surface area contributed by atoms with Gasteiger partial charge in [-0.05, 0) is 54.0 Å². The van der Waals surface area contributed by atoms with Gasteiger partial charge in [0.1, 0.15) is 0 Å². The first-order valence-corrected chi connectivity index (χ1v) is 7.39. The van der Waals surface area contributed by atoms with Crippen LogP contribution in [0.3, 0.4) is 0 Å². The van der Waals surface area contributed by atoms with Crippen molar-refractivity contribution < 1.29 is 4.79 Å². The molecule has 0 aliphatic heterocycles. The summed E-state index contributed by atoms with van der Waals surface area (Å²) >= 11 is 1.54. The maximum Gasteiger partial charge on any atom is 0.252 e. The van der Waals surface area contributed by atoms with E-state index in [9.17, 15) is 4.79 Å². The SMILES string of the molecule is Nc1ccc2c(c1)CCCC2NC(=O)c1ccsc1. The first-order valence-electron chi connectivity index (χ1n) is 6.45. The number of nitrogens with one attached hydrogen (secondary N) is 1. The van der Waals surface area contributed by atoms with Gasteiger partial charge in [-0.3, -0.25) is 4.79 Å². The van der Waals surface area contributed by atoms with Crippen LogP contribution in [0.4, 0.5) is 5.69 Å². The normalized spacial score (nSPS) is 17.8. The summed E-state index contributed by atoms with van der Waals surface area (Å²) in [6, 6.07) is 7.94. The number of amides is 1. The summed E-state index contributed by atoms with van der Waals surface area (Å²) in [5.41, 5.74) is 9.84. The molecule has 98 valence electrons. The first kappa shape index (κ1) is 12.2. The minimum atomic E-state index is 0.0101. The summed E-state index contributed by atoms with van der Waals surface area (Å²) in [6.07, 6.45) is 3.13. The zero-order valence-corrected chi connectivity index (χ0v) is 11.4. The number of thiophene rings is 1. The summed E-state index contributed by atoms with van der Waals surface area (Å²) in [5, 5.41) is 6.92. The second kappa shape index (κ2) is 5.05. The molecule has 3 nitrogen and oxygen atoms in total. The number of fused-ring (bicyclic) bond motifs is 1. The average Bonchev–Trinajstić information content (AvgIpc) is 2.92. The number of nitrogen functional groups attached to an aromatic ring is 1. The molecule has 1 atom stereocenters. The highest BCUT2D eigenvalue weighted by molar-refractivity contribution is 7.08. The Morgan fingerprint density at radius 1 is 1.37 bits per heavy atom. The Hall–Kier alpha value is -1.81. The van der Waals surface area contributed by atoms with Crippen molar-refractivity contribution in [2.75, 3.05) is 5.73 Å². The second-order valence-electron chi connectivity index (χ2n) is 4.89. The van der Waals surface area contributed by atoms with E-state index in [0.717, 1.165) is 30.5 Å². The summed E-state index contributed by atoms with van der Waals surface area (Å²) in [7, 11) is 0. The van der Waals surface area contributed by atoms with Crippen molar-refractivity contribution in [2.45, 2.75) is 25.3 Å². The molecule has 1 amide bonds. The number of hydrogen-bond donors (Lipinski definition) is 2. The van der Waals surface area contributed by atoms with Crippen LogP contribution in [0.2, 0.25) is 0 Å². The molecule has 4 heteroatoms. The van der Waals surface area contributed by atoms with Gasteiger partial charge in [-0.25, -0.2) is 0 Å². The van der Waals surface area contributed by atoms with Crippen LogP contribution in [0.25, 0.3) is 0 Å². The van der Waals surface area contributed by atoms with Gasteiger partial charge in [0.05, 0.1) is 11.6 Å². The van der Waals surface area contributed by atoms with Crippen LogP contribution in [0.5, 0.6) is 0 Å². The van der Waals surface area contributed by atoms with Crippen molar-refractivity contribution in [3.8, 4) is 0 Å². The Bertz CT molecular complexity index is 592. The van der Waals surface area contributed by atoms with Crippen LogP contribution in [0.1, 0.15) is 40.4 Å². The van der Waals surface area contributed by atoms with Crippen molar-refractivity contribution >= 4 is 22.9 Å². The molecule has 1 heterocycles. The molecule has 0 radical (unpaired) electrons. The number of aryl methyl sites for hydroxylation is 1. The lowest BCUT2D eigenvalue weighted by molar-refractivity contribution is 0.0933. The number of nitrogens with two attached hydrogens (primary N) is 1. The molecule has 1 aliphatic carbocycles. The molecule has 0 saturated carbocycles. The molecule has 1 aliphatic rings. The quantitative estimate of drug-likeness (QED) is 0.825. The number of hydrogen-bond acceptors (Lipinski definition) is 3. The minimum Gasteiger partial charge on any atom is -0.399 e. The van der Waals surface area contributed by atoms with Crippen molar-refractivity contribution in [2.24, 2.45) is 0 Å². The topological polar surface area (TPSA) is 55.1 Å². The molecule has 19 heavy (non-hydrogen) atoms. The van der Waals surface area contributed by atoms with E-state index in [-0.39, 0.29) is 11.9 Å². The molecule has 1 unspecified atom stereocenters. The van der Waals surface area contributed by atoms with Crippen LogP contribution in [0.15, 0.2) is 35.0 Å². The zero-order chi connectivity index (χ0) is 13.2. The Morgan fingerprint density at radius 3 is 3.05 bits per heavy atom. The molecule has 0 spiro atoms. The van der Waals surface area contributed by atoms with Gasteiger partial charge in [0.25, 0.3) is 5.91 Å². The van der Waals surface area contributed by atoms with Crippen molar-refractivity contribution in [3.63, 3.8) is 0 Å². The number of benzene rings is 1. The largest absolute Gasteiger partial charge is 0.399 e. The third-order valence-corrected chi connectivity index (χ3v) is 4.25. The Morgan fingerprint density at radius 2 is 2.26 bits per heavy atom. The molecule has 2 aromatic rings. The first-order chi connectivity index (χ1) is 9.24. The predicted molar refractivity (Wildman–Crippen MR) is 78.3 cm³/mol. The van der Waals surface area contributed by atoms with Crippen LogP contribution in [-0.2, 0) is 6.42 Å². The molecule has 1 aromatic carbocycles. The van der Waals surface area contributed by atoms with E-state index < -0.39 is 0 Å². The maximum atomic E-state index is 12.1. The van der Waals surface area contributed by atoms with E-state index in [0.29, 0.717) is 0 Å². The van der Waals surface area contributed by atoms with Crippen molar-refractivity contribution in [3.05, 3.63) is 51.7 Å². The van der Waals surface area contributed by atoms with Gasteiger partial charge in [0.15, 0.2) is 0 Å². The van der Waals surface area contributed by atoms with Gasteiger partial charge in [0, 0.05) is 11.1 Å². The predicted octanol–water partition coefficient (Wildman–Crippen LogP) is 3.14. The third-order valence-electron chi connectivity index (χ3n) is 3.57. The fourth-order valence-corrected chi connectivity index (χ4v) is 3.26. The fraction of sp³-hybridized carbons (Fsp3) is 0.267. The molecular formula is C15H16N2OS. The third kappa shape index (κ3) is 2.49. The Labute approximate surface area is 116 Å². The van der Waals surface area contributed by atoms with Crippen LogP contribution in [0, 0.1) is 0 Å². The lowest BCUT2D eigenvalue weighted by Crippen LogP contribution is -2.30. The van der Waals surface area contributed by atoms with Gasteiger partial charge in [-0.15, -0.1) is 0 Å². The fourth-order valence-electron chi connectivity index (χ4n) is 2.62. The zero-order valence-electron chi connectivity index (χ0n) is 10.6. The number of carbonyl (C=O) groups is 1. The Kier molecular flexibility index (Phi) is 3.25. The van der Waals surface area contributed by atoms with E-state index in [1.54, 1.807) is 11.3 Å². The van der Waals surface area contributed by atoms with Crippen LogP contribution < -0.4 is 11.1 Å². The monoisotopic (exact) mass is 272 g/mol. The molecule has 3 N–H and O–H groups in total. The minimum absolute atomic E-state index is 0.0101. The van der Waals surface area contributed by atoms with Crippen molar-refractivity contribution in [1.29, 1.82) is 0 Å². The van der Waals surface area contributed by atoms with E-state index in [4.69, 9.17) is 5.73 Å². The molecule has 0 fully saturated rings. The summed E-state index contributed by atoms with van der Waals surface area (Å²) in [6.45, 7) is 0. The number of anilines is 1. The summed E-state index contributed by atoms with van der Waals surface area (Å²) < 4.78 is 0. The van der Waals surface area contributed by atoms with E-state index in [2.05, 4.69) is 5.32 Å². The number of carbonyl (C=O) groups excluding carboxylic acids is 1. The molecule has 3 rings (SSSR count). The average molecular weight is 272 g/mol. The van der Waals surface area contributed by atoms with Crippen molar-refractivity contribution in [1.82, 2.24) is 5.32 Å². The standard InChI is InChI=1S/C15H16N2OS/c16-12-4-5-13-10(8-12)2-1-3-14(13)17-15(18)11-6-7-19-9-11/h4-9,14H,1-3,16H2,(H,17,18). The molecule has 1 aromatic heterocycles. The lowest BCUT2D eigenvalue weighted by Gasteiger charge is -2.26. The highest BCUT2D eigenvalue weighted by Crippen LogP contribution is 2.31. The summed E-state index contributed by atoms with van der Waals surface area (Å²) in [5.74, 6) is 0.0101. The van der Waals surface area contributed by atoms with Crippen LogP contribution in [-0.4, -0.2) is 5.91 Å². The lowest BCUT2D eigenvalue weighted by atomic mass is 9.87. The number of rotatable bonds is 2. The molecular weight excluding hydrogens is 256 g/mol. The van der Waals surface area contributed by atoms with Gasteiger partial charge in [-0.2, -0.15) is 11.3 Å². The van der Waals surface area contributed by atoms with Gasteiger partial charge in [0.2, 0.25) is 0 Å². The molecule has 0 bridgehead atoms. The van der Waals surface area contributed by atoms with E-state index in [1.165, 1.54) is 11.1 Å². The van der Waals surface area contributed by atoms with Gasteiger partial charge in [-0.1, -0.05) is 6.07 Å². The highest BCUT2D eigenvalue weighted by atomic mass is 32.1. The molecule has 0 saturated heterocycles. The van der Waals surface area contributed by atoms with E-state index >= 15 is 0 Å². The summed E-state index contributed by atoms with van der Waals surface area (Å²) in [4.78, 5) is 12.1. The van der Waals surface area contributed by atoms with E-state index in [1.807, 2.05) is 35.0 Å². The van der Waals surface area contributed by atoms with Crippen LogP contribution >= 0.6 is 11.3 Å². The van der Waals surface area contributed by atoms with Gasteiger partial charge >= 0.3 is 0 Å². The van der Waals surface area contributed by atoms with Gasteiger partial charge < -0.3 is 11.1 Å². The maximum absolute atomic E-state index is 12.1. The smallest absolute Gasteiger partial charge is 0.252 e.